The summed E-state index contributed by atoms with van der Waals surface area (Å²) in [5, 5.41) is 4.43. The fourth-order valence-electron chi connectivity index (χ4n) is 7.37. The number of fused-ring (bicyclic) bond motifs is 5. The molecule has 6 atom stereocenters. The van der Waals surface area contributed by atoms with Gasteiger partial charge in [0.25, 0.3) is 0 Å². The quantitative estimate of drug-likeness (QED) is 0.590. The van der Waals surface area contributed by atoms with E-state index < -0.39 is 0 Å². The van der Waals surface area contributed by atoms with Gasteiger partial charge in [-0.2, -0.15) is 5.10 Å². The minimum atomic E-state index is 0.245. The van der Waals surface area contributed by atoms with Gasteiger partial charge in [-0.15, -0.1) is 0 Å². The van der Waals surface area contributed by atoms with Crippen molar-refractivity contribution in [2.75, 3.05) is 0 Å². The number of hydrogen-bond acceptors (Lipinski definition) is 2. The van der Waals surface area contributed by atoms with E-state index in [2.05, 4.69) is 24.4 Å². The number of nitrogens with one attached hydrogen (secondary N) is 1. The molecule has 3 nitrogen and oxygen atoms in total. The molecule has 0 aliphatic heterocycles. The van der Waals surface area contributed by atoms with Crippen LogP contribution in [0.3, 0.4) is 0 Å². The van der Waals surface area contributed by atoms with Gasteiger partial charge in [0.1, 0.15) is 0 Å². The molecule has 0 saturated heterocycles. The van der Waals surface area contributed by atoms with Crippen molar-refractivity contribution < 1.29 is 4.79 Å². The largest absolute Gasteiger partial charge is 0.277 e. The first-order valence-electron chi connectivity index (χ1n) is 9.86. The summed E-state index contributed by atoms with van der Waals surface area (Å²) in [6, 6.07) is 0. The van der Waals surface area contributed by atoms with Gasteiger partial charge in [0.2, 0.25) is 6.41 Å². The van der Waals surface area contributed by atoms with Crippen molar-refractivity contribution in [3.05, 3.63) is 0 Å². The molecule has 1 N–H and O–H groups in total. The zero-order valence-electron chi connectivity index (χ0n) is 14.8. The van der Waals surface area contributed by atoms with Crippen LogP contribution in [0.5, 0.6) is 0 Å². The Kier molecular flexibility index (Phi) is 3.81. The third-order valence-electron chi connectivity index (χ3n) is 8.58. The number of hydrogen-bond donors (Lipinski definition) is 1. The fraction of sp³-hybridized carbons (Fsp3) is 0.900. The molecule has 0 bridgehead atoms. The molecule has 0 aromatic heterocycles. The van der Waals surface area contributed by atoms with Crippen LogP contribution in [-0.4, -0.2) is 12.1 Å². The summed E-state index contributed by atoms with van der Waals surface area (Å²) in [5.74, 6) is 3.64. The maximum atomic E-state index is 10.6. The standard InChI is InChI=1S/C20H32N2O/c1-19-11-4-3-5-14(19)6-7-15-16-8-9-18(22-21-13-23)20(16,2)12-10-17(15)19/h13-17H,3-12H2,1-2H3,(H,21,23)/b22-18-/t14-,15+,16+,17-,19+,20+/m1/s1. The van der Waals surface area contributed by atoms with E-state index in [1.807, 2.05) is 0 Å². The van der Waals surface area contributed by atoms with Crippen LogP contribution >= 0.6 is 0 Å². The second-order valence-corrected chi connectivity index (χ2v) is 9.20. The predicted molar refractivity (Wildman–Crippen MR) is 93.0 cm³/mol. The van der Waals surface area contributed by atoms with Gasteiger partial charge in [-0.05, 0) is 80.5 Å². The average molecular weight is 316 g/mol. The number of nitrogens with zero attached hydrogens (tertiary/aromatic N) is 1. The van der Waals surface area contributed by atoms with Crippen molar-refractivity contribution >= 4 is 12.1 Å². The topological polar surface area (TPSA) is 41.5 Å². The van der Waals surface area contributed by atoms with E-state index in [9.17, 15) is 4.79 Å². The smallest absolute Gasteiger partial charge is 0.227 e. The van der Waals surface area contributed by atoms with Gasteiger partial charge < -0.3 is 0 Å². The van der Waals surface area contributed by atoms with Gasteiger partial charge >= 0.3 is 0 Å². The average Bonchev–Trinajstić information content (AvgIpc) is 2.89. The lowest BCUT2D eigenvalue weighted by atomic mass is 9.45. The zero-order valence-corrected chi connectivity index (χ0v) is 14.8. The van der Waals surface area contributed by atoms with Crippen LogP contribution in [0.1, 0.15) is 78.1 Å². The van der Waals surface area contributed by atoms with Crippen LogP contribution < -0.4 is 5.43 Å². The number of rotatable bonds is 2. The molecule has 0 aromatic carbocycles. The lowest BCUT2D eigenvalue weighted by Crippen LogP contribution is -2.52. The van der Waals surface area contributed by atoms with E-state index >= 15 is 0 Å². The third kappa shape index (κ3) is 2.21. The minimum absolute atomic E-state index is 0.245. The van der Waals surface area contributed by atoms with E-state index in [0.717, 1.165) is 30.1 Å². The number of carbonyl (C=O) groups excluding carboxylic acids is 1. The molecule has 4 fully saturated rings. The Morgan fingerprint density at radius 3 is 2.74 bits per heavy atom. The third-order valence-corrected chi connectivity index (χ3v) is 8.58. The van der Waals surface area contributed by atoms with E-state index in [-0.39, 0.29) is 5.41 Å². The summed E-state index contributed by atoms with van der Waals surface area (Å²) in [7, 11) is 0. The summed E-state index contributed by atoms with van der Waals surface area (Å²) in [4.78, 5) is 10.6. The van der Waals surface area contributed by atoms with Gasteiger partial charge in [0.05, 0.1) is 0 Å². The predicted octanol–water partition coefficient (Wildman–Crippen LogP) is 4.52. The second kappa shape index (κ2) is 5.60. The summed E-state index contributed by atoms with van der Waals surface area (Å²) in [6.07, 6.45) is 14.5. The van der Waals surface area contributed by atoms with Crippen molar-refractivity contribution in [3.63, 3.8) is 0 Å². The number of carbonyl (C=O) groups is 1. The van der Waals surface area contributed by atoms with Gasteiger partial charge in [-0.1, -0.05) is 26.7 Å². The molecule has 0 aromatic rings. The second-order valence-electron chi connectivity index (χ2n) is 9.20. The van der Waals surface area contributed by atoms with Gasteiger partial charge in [0.15, 0.2) is 0 Å². The molecular weight excluding hydrogens is 284 g/mol. The molecule has 4 aliphatic rings. The Bertz CT molecular complexity index is 516. The van der Waals surface area contributed by atoms with Gasteiger partial charge in [-0.3, -0.25) is 4.79 Å². The highest BCUT2D eigenvalue weighted by molar-refractivity contribution is 5.92. The molecule has 3 heteroatoms. The molecule has 0 spiro atoms. The Balaban J connectivity index is 1.61. The Morgan fingerprint density at radius 1 is 1.04 bits per heavy atom. The molecule has 4 rings (SSSR count). The van der Waals surface area contributed by atoms with Crippen LogP contribution in [0.15, 0.2) is 5.10 Å². The highest BCUT2D eigenvalue weighted by Crippen LogP contribution is 2.65. The van der Waals surface area contributed by atoms with E-state index in [1.165, 1.54) is 63.5 Å². The molecular formula is C20H32N2O. The first kappa shape index (κ1) is 15.7. The number of amides is 1. The maximum absolute atomic E-state index is 10.6. The summed E-state index contributed by atoms with van der Waals surface area (Å²) >= 11 is 0. The number of hydrazone groups is 1. The highest BCUT2D eigenvalue weighted by Gasteiger charge is 2.58. The van der Waals surface area contributed by atoms with Crippen molar-refractivity contribution in [1.29, 1.82) is 0 Å². The first-order chi connectivity index (χ1) is 11.1. The van der Waals surface area contributed by atoms with Gasteiger partial charge in [-0.25, -0.2) is 5.43 Å². The maximum Gasteiger partial charge on any atom is 0.227 e. The van der Waals surface area contributed by atoms with E-state index in [1.54, 1.807) is 0 Å². The van der Waals surface area contributed by atoms with Crippen LogP contribution in [0.4, 0.5) is 0 Å². The molecule has 128 valence electrons. The highest BCUT2D eigenvalue weighted by atomic mass is 16.1. The van der Waals surface area contributed by atoms with Crippen LogP contribution in [0, 0.1) is 34.5 Å². The molecule has 1 amide bonds. The van der Waals surface area contributed by atoms with Crippen molar-refractivity contribution in [2.24, 2.45) is 39.6 Å². The Hall–Kier alpha value is -0.860. The van der Waals surface area contributed by atoms with Crippen molar-refractivity contribution in [1.82, 2.24) is 5.43 Å². The monoisotopic (exact) mass is 316 g/mol. The fourth-order valence-corrected chi connectivity index (χ4v) is 7.37. The van der Waals surface area contributed by atoms with E-state index in [0.29, 0.717) is 11.8 Å². The molecule has 23 heavy (non-hydrogen) atoms. The van der Waals surface area contributed by atoms with Crippen LogP contribution in [0.25, 0.3) is 0 Å². The molecule has 0 unspecified atom stereocenters. The Morgan fingerprint density at radius 2 is 1.91 bits per heavy atom. The SMILES string of the molecule is C[C@]12CCCC[C@@H]1CC[C@@H]1[C@H]2CC[C@]2(C)/C(=N\NC=O)CC[C@@H]12. The lowest BCUT2D eigenvalue weighted by molar-refractivity contribution is -0.109. The lowest BCUT2D eigenvalue weighted by Gasteiger charge is -2.59. The summed E-state index contributed by atoms with van der Waals surface area (Å²) in [5.41, 5.74) is 4.71. The normalized spacial score (nSPS) is 50.8. The summed E-state index contributed by atoms with van der Waals surface area (Å²) in [6.45, 7) is 5.07. The van der Waals surface area contributed by atoms with Gasteiger partial charge in [0, 0.05) is 11.1 Å². The van der Waals surface area contributed by atoms with Crippen molar-refractivity contribution in [2.45, 2.75) is 78.1 Å². The molecule has 0 heterocycles. The van der Waals surface area contributed by atoms with Crippen molar-refractivity contribution in [3.8, 4) is 0 Å². The molecule has 4 saturated carbocycles. The molecule has 0 radical (unpaired) electrons. The van der Waals surface area contributed by atoms with Crippen LogP contribution in [-0.2, 0) is 4.79 Å². The van der Waals surface area contributed by atoms with E-state index in [4.69, 9.17) is 0 Å². The molecule has 4 aliphatic carbocycles. The van der Waals surface area contributed by atoms with Crippen LogP contribution in [0.2, 0.25) is 0 Å². The summed E-state index contributed by atoms with van der Waals surface area (Å²) < 4.78 is 0. The minimum Gasteiger partial charge on any atom is -0.277 e. The zero-order chi connectivity index (χ0) is 16.1. The first-order valence-corrected chi connectivity index (χ1v) is 9.86. The Labute approximate surface area is 140 Å².